The number of para-hydroxylation sites is 1. The van der Waals surface area contributed by atoms with Gasteiger partial charge in [-0.15, -0.1) is 0 Å². The molecule has 4 rings (SSSR count). The van der Waals surface area contributed by atoms with Gasteiger partial charge in [0.1, 0.15) is 0 Å². The molecule has 4 aromatic carbocycles. The lowest BCUT2D eigenvalue weighted by Gasteiger charge is -2.19. The van der Waals surface area contributed by atoms with E-state index in [2.05, 4.69) is 63.0 Å². The van der Waals surface area contributed by atoms with Gasteiger partial charge in [0, 0.05) is 26.7 Å². The summed E-state index contributed by atoms with van der Waals surface area (Å²) in [6.45, 7) is 2.16. The maximum absolute atomic E-state index is 12.4. The van der Waals surface area contributed by atoms with Gasteiger partial charge in [0.2, 0.25) is 0 Å². The summed E-state index contributed by atoms with van der Waals surface area (Å²) in [5.74, 6) is 0. The molecule has 0 aliphatic heterocycles. The van der Waals surface area contributed by atoms with Crippen molar-refractivity contribution in [3.05, 3.63) is 124 Å². The third-order valence-electron chi connectivity index (χ3n) is 4.90. The van der Waals surface area contributed by atoms with Crippen molar-refractivity contribution in [1.82, 2.24) is 0 Å². The molecule has 0 N–H and O–H groups in total. The SMILES string of the molecule is CCc1ccccc1.CN(c1ccccc1)S(=O)(=O)c1cccc(Br)c1.O=S(=O)(Cl)c1cccc(Br)c1. The number of benzene rings is 4. The van der Waals surface area contributed by atoms with Crippen LogP contribution in [0.15, 0.2) is 128 Å². The van der Waals surface area contributed by atoms with Gasteiger partial charge in [-0.2, -0.15) is 0 Å². The van der Waals surface area contributed by atoms with Gasteiger partial charge in [-0.3, -0.25) is 4.31 Å². The highest BCUT2D eigenvalue weighted by molar-refractivity contribution is 9.10. The minimum atomic E-state index is -3.58. The Morgan fingerprint density at radius 1 is 0.676 bits per heavy atom. The summed E-state index contributed by atoms with van der Waals surface area (Å²) in [7, 11) is -0.465. The number of halogens is 3. The van der Waals surface area contributed by atoms with Crippen LogP contribution in [0.25, 0.3) is 0 Å². The van der Waals surface area contributed by atoms with E-state index < -0.39 is 19.1 Å². The van der Waals surface area contributed by atoms with Crippen LogP contribution in [0.3, 0.4) is 0 Å². The Hall–Kier alpha value is -2.17. The molecule has 196 valence electrons. The molecular weight excluding hydrogens is 662 g/mol. The van der Waals surface area contributed by atoms with E-state index in [1.54, 1.807) is 55.6 Å². The van der Waals surface area contributed by atoms with E-state index in [1.165, 1.54) is 22.0 Å². The van der Waals surface area contributed by atoms with Gasteiger partial charge in [0.25, 0.3) is 19.1 Å². The average Bonchev–Trinajstić information content (AvgIpc) is 2.89. The summed E-state index contributed by atoms with van der Waals surface area (Å²) in [4.78, 5) is 0.372. The van der Waals surface area contributed by atoms with Gasteiger partial charge in [-0.1, -0.05) is 99.4 Å². The first-order valence-corrected chi connectivity index (χ1v) is 16.3. The van der Waals surface area contributed by atoms with E-state index in [0.29, 0.717) is 10.2 Å². The largest absolute Gasteiger partial charge is 0.269 e. The number of hydrogen-bond acceptors (Lipinski definition) is 4. The van der Waals surface area contributed by atoms with Crippen molar-refractivity contribution >= 4 is 67.3 Å². The Kier molecular flexibility index (Phi) is 12.3. The summed E-state index contributed by atoms with van der Waals surface area (Å²) in [5.41, 5.74) is 2.05. The summed E-state index contributed by atoms with van der Waals surface area (Å²) in [6, 6.07) is 32.3. The van der Waals surface area contributed by atoms with E-state index in [9.17, 15) is 16.8 Å². The van der Waals surface area contributed by atoms with Crippen LogP contribution in [-0.4, -0.2) is 23.9 Å². The lowest BCUT2D eigenvalue weighted by molar-refractivity contribution is 0.594. The van der Waals surface area contributed by atoms with E-state index >= 15 is 0 Å². The fourth-order valence-electron chi connectivity index (χ4n) is 2.89. The predicted octanol–water partition coefficient (Wildman–Crippen LogP) is 7.90. The minimum absolute atomic E-state index is 0.105. The first-order chi connectivity index (χ1) is 17.4. The molecule has 0 aliphatic carbocycles. The molecule has 0 radical (unpaired) electrons. The van der Waals surface area contributed by atoms with E-state index in [0.717, 1.165) is 10.9 Å². The fraction of sp³-hybridized carbons (Fsp3) is 0.111. The molecule has 0 atom stereocenters. The van der Waals surface area contributed by atoms with Crippen molar-refractivity contribution in [3.8, 4) is 0 Å². The number of anilines is 1. The van der Waals surface area contributed by atoms with Gasteiger partial charge in [0.15, 0.2) is 0 Å². The highest BCUT2D eigenvalue weighted by Crippen LogP contribution is 2.23. The number of hydrogen-bond donors (Lipinski definition) is 0. The van der Waals surface area contributed by atoms with Gasteiger partial charge in [0.05, 0.1) is 15.5 Å². The maximum Gasteiger partial charge on any atom is 0.264 e. The van der Waals surface area contributed by atoms with Gasteiger partial charge in [-0.05, 0) is 60.5 Å². The predicted molar refractivity (Wildman–Crippen MR) is 159 cm³/mol. The lowest BCUT2D eigenvalue weighted by atomic mass is 10.2. The van der Waals surface area contributed by atoms with E-state index in [4.69, 9.17) is 10.7 Å². The first kappa shape index (κ1) is 31.1. The Balaban J connectivity index is 0.000000215. The second kappa shape index (κ2) is 14.7. The maximum atomic E-state index is 12.4. The highest BCUT2D eigenvalue weighted by atomic mass is 79.9. The van der Waals surface area contributed by atoms with Crippen molar-refractivity contribution in [3.63, 3.8) is 0 Å². The zero-order valence-electron chi connectivity index (χ0n) is 20.1. The molecule has 0 aliphatic rings. The normalized spacial score (nSPS) is 10.8. The van der Waals surface area contributed by atoms with Crippen molar-refractivity contribution in [2.24, 2.45) is 0 Å². The molecule has 0 amide bonds. The van der Waals surface area contributed by atoms with Crippen molar-refractivity contribution in [1.29, 1.82) is 0 Å². The Morgan fingerprint density at radius 2 is 1.14 bits per heavy atom. The van der Waals surface area contributed by atoms with Crippen molar-refractivity contribution in [2.45, 2.75) is 23.1 Å². The average molecular weight is 688 g/mol. The molecular formula is C27H26Br2ClNO4S2. The summed E-state index contributed by atoms with van der Waals surface area (Å²) in [5, 5.41) is 0. The number of aryl methyl sites for hydroxylation is 1. The molecule has 0 fully saturated rings. The molecule has 37 heavy (non-hydrogen) atoms. The molecule has 0 spiro atoms. The van der Waals surface area contributed by atoms with E-state index in [-0.39, 0.29) is 9.79 Å². The Bertz CT molecular complexity index is 1490. The molecule has 0 bridgehead atoms. The zero-order valence-corrected chi connectivity index (χ0v) is 25.7. The third-order valence-corrected chi connectivity index (χ3v) is 9.02. The summed E-state index contributed by atoms with van der Waals surface area (Å²) >= 11 is 6.41. The molecule has 0 aromatic heterocycles. The second-order valence-corrected chi connectivity index (χ2v) is 13.9. The molecule has 5 nitrogen and oxygen atoms in total. The summed E-state index contributed by atoms with van der Waals surface area (Å²) in [6.07, 6.45) is 1.14. The van der Waals surface area contributed by atoms with E-state index in [1.807, 2.05) is 24.3 Å². The van der Waals surface area contributed by atoms with Gasteiger partial charge < -0.3 is 0 Å². The quantitative estimate of drug-likeness (QED) is 0.200. The standard InChI is InChI=1S/C13H12BrNO2S.C8H10.C6H4BrClO2S/c1-15(12-7-3-2-4-8-12)18(16,17)13-9-5-6-11(14)10-13;1-2-8-6-4-3-5-7-8;7-5-2-1-3-6(4-5)11(8,9)10/h2-10H,1H3;3-7H,2H2,1H3;1-4H. The molecule has 0 saturated carbocycles. The molecule has 4 aromatic rings. The Morgan fingerprint density at radius 3 is 1.54 bits per heavy atom. The lowest BCUT2D eigenvalue weighted by Crippen LogP contribution is -2.26. The second-order valence-electron chi connectivity index (χ2n) is 7.50. The van der Waals surface area contributed by atoms with Crippen LogP contribution in [-0.2, 0) is 25.5 Å². The smallest absolute Gasteiger partial charge is 0.264 e. The number of sulfonamides is 1. The van der Waals surface area contributed by atoms with Gasteiger partial charge >= 0.3 is 0 Å². The minimum Gasteiger partial charge on any atom is -0.269 e. The van der Waals surface area contributed by atoms with Crippen molar-refractivity contribution in [2.75, 3.05) is 11.4 Å². The topological polar surface area (TPSA) is 71.5 Å². The summed E-state index contributed by atoms with van der Waals surface area (Å²) < 4.78 is 48.9. The van der Waals surface area contributed by atoms with Crippen LogP contribution in [0, 0.1) is 0 Å². The molecule has 0 unspecified atom stereocenters. The van der Waals surface area contributed by atoms with Crippen LogP contribution in [0.1, 0.15) is 12.5 Å². The van der Waals surface area contributed by atoms with Crippen LogP contribution < -0.4 is 4.31 Å². The van der Waals surface area contributed by atoms with Crippen LogP contribution >= 0.6 is 42.5 Å². The Labute approximate surface area is 240 Å². The molecule has 0 saturated heterocycles. The van der Waals surface area contributed by atoms with Gasteiger partial charge in [-0.25, -0.2) is 16.8 Å². The van der Waals surface area contributed by atoms with Crippen LogP contribution in [0.2, 0.25) is 0 Å². The highest BCUT2D eigenvalue weighted by Gasteiger charge is 2.21. The van der Waals surface area contributed by atoms with Crippen LogP contribution in [0.5, 0.6) is 0 Å². The van der Waals surface area contributed by atoms with Crippen molar-refractivity contribution < 1.29 is 16.8 Å². The first-order valence-electron chi connectivity index (χ1n) is 11.0. The fourth-order valence-corrected chi connectivity index (χ4v) is 6.03. The number of rotatable bonds is 5. The zero-order chi connectivity index (χ0) is 27.5. The number of nitrogens with zero attached hydrogens (tertiary/aromatic N) is 1. The van der Waals surface area contributed by atoms with Crippen LogP contribution in [0.4, 0.5) is 5.69 Å². The molecule has 10 heteroatoms. The third kappa shape index (κ3) is 10.2. The molecule has 0 heterocycles. The monoisotopic (exact) mass is 685 g/mol.